The Balaban J connectivity index is 2.24. The number of anilines is 2. The summed E-state index contributed by atoms with van der Waals surface area (Å²) in [7, 11) is 0. The third kappa shape index (κ3) is 3.51. The molecule has 0 unspecified atom stereocenters. The monoisotopic (exact) mass is 290 g/mol. The fraction of sp³-hybridized carbons (Fsp3) is 0.533. The van der Waals surface area contributed by atoms with Crippen molar-refractivity contribution in [2.45, 2.75) is 33.1 Å². The van der Waals surface area contributed by atoms with Crippen molar-refractivity contribution in [1.82, 2.24) is 9.97 Å². The molecule has 21 heavy (non-hydrogen) atoms. The number of nitrogen functional groups attached to an aromatic ring is 1. The Kier molecular flexibility index (Phi) is 4.45. The molecule has 1 fully saturated rings. The van der Waals surface area contributed by atoms with Gasteiger partial charge < -0.3 is 15.7 Å². The Morgan fingerprint density at radius 3 is 2.95 bits per heavy atom. The molecule has 2 rings (SSSR count). The van der Waals surface area contributed by atoms with Gasteiger partial charge in [-0.25, -0.2) is 4.98 Å². The first-order valence-electron chi connectivity index (χ1n) is 7.13. The summed E-state index contributed by atoms with van der Waals surface area (Å²) in [5.41, 5.74) is 6.00. The standard InChI is InChI=1S/C15H22N4O2/c1-11(2)4-7-15(13(20)21)6-3-9-19(10-15)12-5-8-17-14(16)18-12/h4-5,8H,3,6-7,9-10H2,1-2H3,(H,20,21)(H2,16,17,18)/t15-/m1/s1. The van der Waals surface area contributed by atoms with E-state index < -0.39 is 11.4 Å². The van der Waals surface area contributed by atoms with E-state index in [2.05, 4.69) is 9.97 Å². The fourth-order valence-electron chi connectivity index (χ4n) is 2.70. The molecule has 0 spiro atoms. The number of rotatable bonds is 4. The Morgan fingerprint density at radius 1 is 1.57 bits per heavy atom. The van der Waals surface area contributed by atoms with E-state index in [4.69, 9.17) is 5.73 Å². The van der Waals surface area contributed by atoms with Crippen molar-refractivity contribution in [2.24, 2.45) is 5.41 Å². The van der Waals surface area contributed by atoms with Gasteiger partial charge in [0.2, 0.25) is 5.95 Å². The number of piperidine rings is 1. The second-order valence-corrected chi connectivity index (χ2v) is 5.87. The van der Waals surface area contributed by atoms with Gasteiger partial charge in [0, 0.05) is 19.3 Å². The van der Waals surface area contributed by atoms with Crippen molar-refractivity contribution in [3.63, 3.8) is 0 Å². The fourth-order valence-corrected chi connectivity index (χ4v) is 2.70. The first kappa shape index (κ1) is 15.3. The highest BCUT2D eigenvalue weighted by Gasteiger charge is 2.41. The Morgan fingerprint density at radius 2 is 2.33 bits per heavy atom. The molecule has 6 heteroatoms. The van der Waals surface area contributed by atoms with E-state index in [9.17, 15) is 9.90 Å². The van der Waals surface area contributed by atoms with Gasteiger partial charge in [0.25, 0.3) is 0 Å². The van der Waals surface area contributed by atoms with E-state index >= 15 is 0 Å². The zero-order chi connectivity index (χ0) is 15.5. The van der Waals surface area contributed by atoms with Crippen LogP contribution in [0.4, 0.5) is 11.8 Å². The summed E-state index contributed by atoms with van der Waals surface area (Å²) in [5.74, 6) is 0.167. The van der Waals surface area contributed by atoms with Crippen LogP contribution in [0.5, 0.6) is 0 Å². The number of aromatic nitrogens is 2. The van der Waals surface area contributed by atoms with Gasteiger partial charge in [-0.15, -0.1) is 0 Å². The molecule has 1 aliphatic heterocycles. The quantitative estimate of drug-likeness (QED) is 0.825. The van der Waals surface area contributed by atoms with Gasteiger partial charge in [-0.1, -0.05) is 11.6 Å². The Hall–Kier alpha value is -2.11. The lowest BCUT2D eigenvalue weighted by atomic mass is 9.76. The SMILES string of the molecule is CC(C)=CC[C@]1(C(=O)O)CCCN(c2ccnc(N)n2)C1. The lowest BCUT2D eigenvalue weighted by Gasteiger charge is -2.40. The molecule has 6 nitrogen and oxygen atoms in total. The summed E-state index contributed by atoms with van der Waals surface area (Å²) in [6.45, 7) is 5.21. The third-order valence-corrected chi connectivity index (χ3v) is 3.92. The molecular weight excluding hydrogens is 268 g/mol. The highest BCUT2D eigenvalue weighted by Crippen LogP contribution is 2.36. The summed E-state index contributed by atoms with van der Waals surface area (Å²) < 4.78 is 0. The van der Waals surface area contributed by atoms with E-state index in [1.807, 2.05) is 24.8 Å². The number of hydrogen-bond acceptors (Lipinski definition) is 5. The van der Waals surface area contributed by atoms with Crippen LogP contribution in [0.2, 0.25) is 0 Å². The van der Waals surface area contributed by atoms with E-state index in [1.54, 1.807) is 12.3 Å². The number of nitrogens with zero attached hydrogens (tertiary/aromatic N) is 3. The second kappa shape index (κ2) is 6.11. The van der Waals surface area contributed by atoms with Crippen LogP contribution in [0, 0.1) is 5.41 Å². The van der Waals surface area contributed by atoms with Crippen LogP contribution >= 0.6 is 0 Å². The van der Waals surface area contributed by atoms with Crippen molar-refractivity contribution in [3.05, 3.63) is 23.9 Å². The van der Waals surface area contributed by atoms with E-state index in [1.165, 1.54) is 0 Å². The number of aliphatic carboxylic acids is 1. The van der Waals surface area contributed by atoms with Crippen LogP contribution in [0.25, 0.3) is 0 Å². The van der Waals surface area contributed by atoms with Crippen LogP contribution in [0.3, 0.4) is 0 Å². The molecular formula is C15H22N4O2. The molecule has 1 saturated heterocycles. The number of allylic oxidation sites excluding steroid dienone is 2. The number of nitrogens with two attached hydrogens (primary N) is 1. The molecule has 2 heterocycles. The topological polar surface area (TPSA) is 92.3 Å². The molecule has 0 amide bonds. The molecule has 0 bridgehead atoms. The van der Waals surface area contributed by atoms with E-state index in [0.717, 1.165) is 18.5 Å². The van der Waals surface area contributed by atoms with Crippen LogP contribution < -0.4 is 10.6 Å². The summed E-state index contributed by atoms with van der Waals surface area (Å²) in [6, 6.07) is 1.77. The van der Waals surface area contributed by atoms with Crippen LogP contribution in [0.1, 0.15) is 33.1 Å². The first-order valence-corrected chi connectivity index (χ1v) is 7.13. The van der Waals surface area contributed by atoms with Crippen LogP contribution in [0.15, 0.2) is 23.9 Å². The van der Waals surface area contributed by atoms with Crippen molar-refractivity contribution in [3.8, 4) is 0 Å². The molecule has 3 N–H and O–H groups in total. The zero-order valence-electron chi connectivity index (χ0n) is 12.5. The highest BCUT2D eigenvalue weighted by atomic mass is 16.4. The lowest BCUT2D eigenvalue weighted by molar-refractivity contribution is -0.149. The van der Waals surface area contributed by atoms with Gasteiger partial charge >= 0.3 is 5.97 Å². The number of hydrogen-bond donors (Lipinski definition) is 2. The van der Waals surface area contributed by atoms with Crippen molar-refractivity contribution in [1.29, 1.82) is 0 Å². The van der Waals surface area contributed by atoms with Gasteiger partial charge in [0.1, 0.15) is 5.82 Å². The van der Waals surface area contributed by atoms with Crippen molar-refractivity contribution < 1.29 is 9.90 Å². The van der Waals surface area contributed by atoms with Crippen molar-refractivity contribution in [2.75, 3.05) is 23.7 Å². The summed E-state index contributed by atoms with van der Waals surface area (Å²) in [5, 5.41) is 9.71. The van der Waals surface area contributed by atoms with Gasteiger partial charge in [0.05, 0.1) is 5.41 Å². The summed E-state index contributed by atoms with van der Waals surface area (Å²) in [4.78, 5) is 21.9. The van der Waals surface area contributed by atoms with E-state index in [-0.39, 0.29) is 5.95 Å². The van der Waals surface area contributed by atoms with Gasteiger partial charge in [0.15, 0.2) is 0 Å². The summed E-state index contributed by atoms with van der Waals surface area (Å²) in [6.07, 6.45) is 5.66. The molecule has 0 aliphatic carbocycles. The number of carboxylic acid groups (broad SMARTS) is 1. The maximum absolute atomic E-state index is 11.8. The molecule has 0 saturated carbocycles. The van der Waals surface area contributed by atoms with Crippen molar-refractivity contribution >= 4 is 17.7 Å². The Labute approximate surface area is 124 Å². The molecule has 1 aromatic heterocycles. The molecule has 0 aromatic carbocycles. The minimum absolute atomic E-state index is 0.211. The average Bonchev–Trinajstić information content (AvgIpc) is 2.45. The number of carboxylic acids is 1. The first-order chi connectivity index (χ1) is 9.93. The second-order valence-electron chi connectivity index (χ2n) is 5.87. The molecule has 1 aromatic rings. The maximum Gasteiger partial charge on any atom is 0.311 e. The van der Waals surface area contributed by atoms with Gasteiger partial charge in [-0.2, -0.15) is 4.98 Å². The van der Waals surface area contributed by atoms with Crippen LogP contribution in [-0.2, 0) is 4.79 Å². The van der Waals surface area contributed by atoms with E-state index in [0.29, 0.717) is 25.2 Å². The third-order valence-electron chi connectivity index (χ3n) is 3.92. The predicted octanol–water partition coefficient (Wildman–Crippen LogP) is 2.09. The molecule has 1 aliphatic rings. The average molecular weight is 290 g/mol. The predicted molar refractivity (Wildman–Crippen MR) is 82.0 cm³/mol. The number of carbonyl (C=O) groups is 1. The highest BCUT2D eigenvalue weighted by molar-refractivity contribution is 5.76. The molecule has 1 atom stereocenters. The maximum atomic E-state index is 11.8. The zero-order valence-corrected chi connectivity index (χ0v) is 12.5. The Bertz CT molecular complexity index is 554. The largest absolute Gasteiger partial charge is 0.481 e. The lowest BCUT2D eigenvalue weighted by Crippen LogP contribution is -2.48. The van der Waals surface area contributed by atoms with Crippen LogP contribution in [-0.4, -0.2) is 34.1 Å². The minimum atomic E-state index is -0.755. The smallest absolute Gasteiger partial charge is 0.311 e. The van der Waals surface area contributed by atoms with Gasteiger partial charge in [-0.05, 0) is 39.2 Å². The minimum Gasteiger partial charge on any atom is -0.481 e. The molecule has 0 radical (unpaired) electrons. The molecule has 114 valence electrons. The normalized spacial score (nSPS) is 21.9. The van der Waals surface area contributed by atoms with Gasteiger partial charge in [-0.3, -0.25) is 4.79 Å². The summed E-state index contributed by atoms with van der Waals surface area (Å²) >= 11 is 0.